The molecule has 1 aromatic carbocycles. The zero-order valence-electron chi connectivity index (χ0n) is 21.4. The van der Waals surface area contributed by atoms with Gasteiger partial charge in [-0.05, 0) is 47.4 Å². The third-order valence-electron chi connectivity index (χ3n) is 6.84. The van der Waals surface area contributed by atoms with Crippen LogP contribution in [-0.2, 0) is 22.6 Å². The third-order valence-corrected chi connectivity index (χ3v) is 8.11. The van der Waals surface area contributed by atoms with Crippen molar-refractivity contribution in [1.29, 1.82) is 0 Å². The molecule has 3 heterocycles. The average Bonchev–Trinajstić information content (AvgIpc) is 3.40. The molecule has 0 spiro atoms. The number of carboxylic acid groups (broad SMARTS) is 1. The summed E-state index contributed by atoms with van der Waals surface area (Å²) >= 11 is 6.42. The maximum Gasteiger partial charge on any atom is 0.490 e. The summed E-state index contributed by atoms with van der Waals surface area (Å²) in [7, 11) is 0. The molecule has 214 valence electrons. The molecule has 1 aliphatic heterocycles. The summed E-state index contributed by atoms with van der Waals surface area (Å²) in [5, 5.41) is 14.0. The van der Waals surface area contributed by atoms with Crippen LogP contribution in [0.1, 0.15) is 59.6 Å². The van der Waals surface area contributed by atoms with Gasteiger partial charge in [0.05, 0.1) is 16.9 Å². The Bertz CT molecular complexity index is 1380. The van der Waals surface area contributed by atoms with Gasteiger partial charge in [0.15, 0.2) is 0 Å². The summed E-state index contributed by atoms with van der Waals surface area (Å²) < 4.78 is 33.5. The molecule has 1 amide bonds. The van der Waals surface area contributed by atoms with Crippen LogP contribution in [0.2, 0.25) is 0 Å². The molecule has 2 aliphatic rings. The van der Waals surface area contributed by atoms with Crippen LogP contribution in [0.3, 0.4) is 0 Å². The van der Waals surface area contributed by atoms with Crippen molar-refractivity contribution < 1.29 is 27.9 Å². The first-order chi connectivity index (χ1) is 19.1. The molecule has 5 rings (SSSR count). The molecule has 8 nitrogen and oxygen atoms in total. The van der Waals surface area contributed by atoms with Crippen molar-refractivity contribution >= 4 is 35.8 Å². The number of nitrogens with zero attached hydrogens (tertiary/aromatic N) is 3. The molecule has 2 aromatic heterocycles. The van der Waals surface area contributed by atoms with E-state index in [2.05, 4.69) is 16.8 Å². The number of rotatable bonds is 7. The number of nitrogens with one attached hydrogen (secondary N) is 1. The Morgan fingerprint density at radius 1 is 1.18 bits per heavy atom. The number of benzene rings is 1. The smallest absolute Gasteiger partial charge is 0.475 e. The fourth-order valence-electron chi connectivity index (χ4n) is 4.54. The van der Waals surface area contributed by atoms with Crippen LogP contribution in [0.25, 0.3) is 5.69 Å². The first-order valence-corrected chi connectivity index (χ1v) is 14.2. The van der Waals surface area contributed by atoms with Gasteiger partial charge in [0, 0.05) is 38.4 Å². The molecular weight excluding hydrogens is 565 g/mol. The number of alkyl halides is 3. The average molecular weight is 595 g/mol. The highest BCUT2D eigenvalue weighted by molar-refractivity contribution is 7.80. The van der Waals surface area contributed by atoms with Crippen LogP contribution in [0.15, 0.2) is 52.0 Å². The van der Waals surface area contributed by atoms with E-state index in [0.717, 1.165) is 36.6 Å². The van der Waals surface area contributed by atoms with Gasteiger partial charge in [0.2, 0.25) is 5.91 Å². The molecule has 13 heteroatoms. The van der Waals surface area contributed by atoms with E-state index in [-0.39, 0.29) is 11.5 Å². The van der Waals surface area contributed by atoms with E-state index >= 15 is 0 Å². The van der Waals surface area contributed by atoms with Crippen LogP contribution in [0.5, 0.6) is 0 Å². The number of hydrogen-bond acceptors (Lipinski definition) is 7. The Balaban J connectivity index is 0.000000470. The quantitative estimate of drug-likeness (QED) is 0.271. The molecule has 40 heavy (non-hydrogen) atoms. The maximum absolute atomic E-state index is 13.8. The predicted octanol–water partition coefficient (Wildman–Crippen LogP) is 4.69. The van der Waals surface area contributed by atoms with Crippen LogP contribution in [0.4, 0.5) is 13.2 Å². The van der Waals surface area contributed by atoms with E-state index in [1.807, 2.05) is 35.7 Å². The minimum atomic E-state index is -5.08. The van der Waals surface area contributed by atoms with Gasteiger partial charge in [0.25, 0.3) is 5.56 Å². The van der Waals surface area contributed by atoms with Crippen LogP contribution >= 0.6 is 24.0 Å². The summed E-state index contributed by atoms with van der Waals surface area (Å²) in [6.07, 6.45) is -0.830. The van der Waals surface area contributed by atoms with Crippen LogP contribution in [0, 0.1) is 0 Å². The number of thiophene rings is 1. The van der Waals surface area contributed by atoms with Gasteiger partial charge in [-0.15, -0.1) is 12.6 Å². The largest absolute Gasteiger partial charge is 0.490 e. The van der Waals surface area contributed by atoms with Crippen molar-refractivity contribution in [2.24, 2.45) is 0 Å². The number of amides is 1. The highest BCUT2D eigenvalue weighted by Crippen LogP contribution is 2.38. The molecular formula is C27H29F3N4O4S2. The molecule has 1 fully saturated rings. The Hall–Kier alpha value is -3.16. The van der Waals surface area contributed by atoms with Crippen molar-refractivity contribution in [2.75, 3.05) is 13.1 Å². The fourth-order valence-corrected chi connectivity index (χ4v) is 5.72. The Kier molecular flexibility index (Phi) is 9.69. The lowest BCUT2D eigenvalue weighted by Gasteiger charge is -2.35. The molecule has 2 N–H and O–H groups in total. The molecule has 1 atom stereocenters. The molecule has 0 bridgehead atoms. The number of para-hydroxylation sites is 1. The number of thiol groups is 1. The highest BCUT2D eigenvalue weighted by Gasteiger charge is 2.38. The lowest BCUT2D eigenvalue weighted by molar-refractivity contribution is -0.192. The summed E-state index contributed by atoms with van der Waals surface area (Å²) in [6, 6.07) is 11.8. The maximum atomic E-state index is 13.8. The van der Waals surface area contributed by atoms with Gasteiger partial charge < -0.3 is 15.3 Å². The Morgan fingerprint density at radius 3 is 2.45 bits per heavy atom. The summed E-state index contributed by atoms with van der Waals surface area (Å²) in [5.74, 6) is -1.58. The van der Waals surface area contributed by atoms with Gasteiger partial charge in [-0.3, -0.25) is 14.2 Å². The zero-order chi connectivity index (χ0) is 28.9. The van der Waals surface area contributed by atoms with Gasteiger partial charge in [-0.1, -0.05) is 24.6 Å². The van der Waals surface area contributed by atoms with Gasteiger partial charge >= 0.3 is 12.1 Å². The second-order valence-corrected chi connectivity index (χ2v) is 10.8. The molecule has 0 saturated heterocycles. The summed E-state index contributed by atoms with van der Waals surface area (Å²) in [4.78, 5) is 42.4. The van der Waals surface area contributed by atoms with Crippen molar-refractivity contribution in [1.82, 2.24) is 19.8 Å². The van der Waals surface area contributed by atoms with Crippen LogP contribution in [-0.4, -0.2) is 50.7 Å². The first-order valence-electron chi connectivity index (χ1n) is 12.8. The molecule has 1 saturated carbocycles. The SMILES string of the molecule is O=C(CCNCc1ccsc1)N1CCc2nc(C3CCC3)n(-c3ccccc3)c(=O)c2C1S.O=C(O)C(F)(F)F. The number of carbonyl (C=O) groups is 2. The lowest BCUT2D eigenvalue weighted by Crippen LogP contribution is -2.44. The molecule has 1 aliphatic carbocycles. The standard InChI is InChI=1S/C25H28N4O2S2.C2HF3O2/c30-21(9-12-26-15-17-11-14-33-16-17)28-13-10-20-22(25(28)32)24(31)29(19-7-2-1-3-8-19)23(27-20)18-5-4-6-18;3-2(4,5)1(6)7/h1-3,7-8,11,14,16,18,25-26,32H,4-6,9-10,12-13,15H2;(H,6,7). The minimum Gasteiger partial charge on any atom is -0.475 e. The third kappa shape index (κ3) is 6.94. The second kappa shape index (κ2) is 13.0. The van der Waals surface area contributed by atoms with Gasteiger partial charge in [-0.2, -0.15) is 24.5 Å². The number of fused-ring (bicyclic) bond motifs is 1. The molecule has 3 aromatic rings. The number of halogens is 3. The van der Waals surface area contributed by atoms with Crippen LogP contribution < -0.4 is 10.9 Å². The van der Waals surface area contributed by atoms with Gasteiger partial charge in [-0.25, -0.2) is 9.78 Å². The van der Waals surface area contributed by atoms with E-state index in [1.165, 1.54) is 12.0 Å². The minimum absolute atomic E-state index is 0.00667. The van der Waals surface area contributed by atoms with Crippen molar-refractivity contribution in [3.05, 3.63) is 80.2 Å². The zero-order valence-corrected chi connectivity index (χ0v) is 23.1. The topological polar surface area (TPSA) is 105 Å². The normalized spacial score (nSPS) is 16.9. The van der Waals surface area contributed by atoms with E-state index in [0.29, 0.717) is 37.4 Å². The summed E-state index contributed by atoms with van der Waals surface area (Å²) in [6.45, 7) is 1.88. The van der Waals surface area contributed by atoms with Crippen molar-refractivity contribution in [2.45, 2.75) is 56.1 Å². The second-order valence-electron chi connectivity index (χ2n) is 9.51. The Morgan fingerprint density at radius 2 is 1.88 bits per heavy atom. The fraction of sp³-hybridized carbons (Fsp3) is 0.407. The monoisotopic (exact) mass is 594 g/mol. The van der Waals surface area contributed by atoms with E-state index in [1.54, 1.807) is 20.8 Å². The summed E-state index contributed by atoms with van der Waals surface area (Å²) in [5.41, 5.74) is 3.29. The number of aliphatic carboxylic acids is 1. The molecule has 1 unspecified atom stereocenters. The Labute approximate surface area is 238 Å². The predicted molar refractivity (Wildman–Crippen MR) is 148 cm³/mol. The van der Waals surface area contributed by atoms with E-state index in [9.17, 15) is 22.8 Å². The number of hydrogen-bond donors (Lipinski definition) is 3. The van der Waals surface area contributed by atoms with Crippen molar-refractivity contribution in [3.8, 4) is 5.69 Å². The molecule has 0 radical (unpaired) electrons. The lowest BCUT2D eigenvalue weighted by atomic mass is 9.84. The first kappa shape index (κ1) is 29.8. The highest BCUT2D eigenvalue weighted by atomic mass is 32.1. The number of aromatic nitrogens is 2. The number of carbonyl (C=O) groups excluding carboxylic acids is 1. The van der Waals surface area contributed by atoms with E-state index < -0.39 is 17.5 Å². The van der Waals surface area contributed by atoms with E-state index in [4.69, 9.17) is 27.5 Å². The van der Waals surface area contributed by atoms with Gasteiger partial charge in [0.1, 0.15) is 11.2 Å². The number of carboxylic acids is 1. The van der Waals surface area contributed by atoms with Crippen molar-refractivity contribution in [3.63, 3.8) is 0 Å².